The van der Waals surface area contributed by atoms with E-state index in [0.717, 1.165) is 44.9 Å². The minimum atomic E-state index is -4.12. The summed E-state index contributed by atoms with van der Waals surface area (Å²) in [6.07, 6.45) is 14.0. The Hall–Kier alpha value is 0.870. The Morgan fingerprint density at radius 3 is 1.57 bits per heavy atom. The van der Waals surface area contributed by atoms with Gasteiger partial charge in [-0.3, -0.25) is 0 Å². The van der Waals surface area contributed by atoms with Crippen LogP contribution in [-0.4, -0.2) is 29.9 Å². The van der Waals surface area contributed by atoms with Crippen LogP contribution in [0.4, 0.5) is 0 Å². The van der Waals surface area contributed by atoms with Crippen LogP contribution in [0.5, 0.6) is 0 Å². The smallest absolute Gasteiger partial charge is 0.748 e. The van der Waals surface area contributed by atoms with Gasteiger partial charge in [0, 0.05) is 11.9 Å². The van der Waals surface area contributed by atoms with Crippen molar-refractivity contribution in [3.8, 4) is 0 Å². The van der Waals surface area contributed by atoms with Gasteiger partial charge in [-0.2, -0.15) is 0 Å². The number of rotatable bonds is 16. The molecular weight excluding hydrogens is 323 g/mol. The number of aliphatic hydroxyl groups excluding tert-OH is 1. The van der Waals surface area contributed by atoms with Crippen molar-refractivity contribution >= 4 is 10.1 Å². The molecule has 6 heteroatoms. The first kappa shape index (κ1) is 26.1. The quantitative estimate of drug-likeness (QED) is 0.257. The van der Waals surface area contributed by atoms with Crippen LogP contribution in [0.2, 0.25) is 0 Å². The summed E-state index contributed by atoms with van der Waals surface area (Å²) in [6.45, 7) is 2.32. The molecule has 0 aliphatic heterocycles. The number of unbranched alkanes of at least 4 members (excludes halogenated alkanes) is 10. The molecule has 0 amide bonds. The maximum absolute atomic E-state index is 11.2. The Morgan fingerprint density at radius 2 is 1.17 bits per heavy atom. The molecule has 0 aromatic rings. The first-order valence-corrected chi connectivity index (χ1v) is 10.5. The molecule has 0 aliphatic carbocycles. The predicted octanol–water partition coefficient (Wildman–Crippen LogP) is 1.38. The summed E-state index contributed by atoms with van der Waals surface area (Å²) in [4.78, 5) is 0. The topological polar surface area (TPSA) is 77.4 Å². The molecule has 0 aromatic carbocycles. The van der Waals surface area contributed by atoms with E-state index in [1.165, 1.54) is 32.1 Å². The zero-order valence-corrected chi connectivity index (χ0v) is 18.1. The largest absolute Gasteiger partial charge is 1.00 e. The van der Waals surface area contributed by atoms with Crippen molar-refractivity contribution < 1.29 is 47.6 Å². The summed E-state index contributed by atoms with van der Waals surface area (Å²) < 4.78 is 33.5. The summed E-state index contributed by atoms with van der Waals surface area (Å²) in [5.41, 5.74) is 0. The molecule has 0 spiro atoms. The SMILES string of the molecule is CCCCC(CCCCCCCCCCCCO)S(=O)(=O)[O-].[Na+]. The van der Waals surface area contributed by atoms with Crippen molar-refractivity contribution in [1.82, 2.24) is 0 Å². The summed E-state index contributed by atoms with van der Waals surface area (Å²) in [6, 6.07) is 0. The van der Waals surface area contributed by atoms with Crippen LogP contribution in [0.3, 0.4) is 0 Å². The Morgan fingerprint density at radius 1 is 0.783 bits per heavy atom. The third-order valence-corrected chi connectivity index (χ3v) is 5.51. The molecule has 0 radical (unpaired) electrons. The minimum Gasteiger partial charge on any atom is -0.748 e. The second-order valence-corrected chi connectivity index (χ2v) is 7.96. The van der Waals surface area contributed by atoms with Crippen molar-refractivity contribution in [3.63, 3.8) is 0 Å². The van der Waals surface area contributed by atoms with E-state index in [1.807, 2.05) is 6.92 Å². The Kier molecular flexibility index (Phi) is 20.1. The van der Waals surface area contributed by atoms with E-state index in [2.05, 4.69) is 0 Å². The molecule has 0 bridgehead atoms. The molecular formula is C17H35NaO4S. The Labute approximate surface area is 165 Å². The minimum absolute atomic E-state index is 0. The second kappa shape index (κ2) is 17.7. The van der Waals surface area contributed by atoms with E-state index < -0.39 is 15.4 Å². The van der Waals surface area contributed by atoms with Crippen molar-refractivity contribution in [2.24, 2.45) is 0 Å². The fraction of sp³-hybridized carbons (Fsp3) is 1.00. The van der Waals surface area contributed by atoms with Crippen LogP contribution in [-0.2, 0) is 10.1 Å². The van der Waals surface area contributed by atoms with Gasteiger partial charge in [-0.25, -0.2) is 8.42 Å². The maximum Gasteiger partial charge on any atom is 1.00 e. The third kappa shape index (κ3) is 17.5. The van der Waals surface area contributed by atoms with Gasteiger partial charge in [-0.15, -0.1) is 0 Å². The van der Waals surface area contributed by atoms with Crippen molar-refractivity contribution in [1.29, 1.82) is 0 Å². The fourth-order valence-electron chi connectivity index (χ4n) is 2.76. The van der Waals surface area contributed by atoms with Crippen LogP contribution < -0.4 is 29.6 Å². The Balaban J connectivity index is 0. The molecule has 4 nitrogen and oxygen atoms in total. The van der Waals surface area contributed by atoms with Crippen LogP contribution in [0.25, 0.3) is 0 Å². The van der Waals surface area contributed by atoms with Crippen LogP contribution in [0.1, 0.15) is 96.8 Å². The van der Waals surface area contributed by atoms with Gasteiger partial charge < -0.3 is 9.66 Å². The molecule has 0 aliphatic rings. The second-order valence-electron chi connectivity index (χ2n) is 6.30. The van der Waals surface area contributed by atoms with Crippen molar-refractivity contribution in [2.75, 3.05) is 6.61 Å². The molecule has 1 unspecified atom stereocenters. The molecule has 0 fully saturated rings. The summed E-state index contributed by atoms with van der Waals surface area (Å²) in [5.74, 6) is 0. The van der Waals surface area contributed by atoms with Gasteiger partial charge in [-0.05, 0) is 19.3 Å². The zero-order valence-electron chi connectivity index (χ0n) is 15.3. The van der Waals surface area contributed by atoms with Crippen LogP contribution in [0, 0.1) is 0 Å². The first-order chi connectivity index (χ1) is 10.5. The van der Waals surface area contributed by atoms with Crippen molar-refractivity contribution in [2.45, 2.75) is 102 Å². The molecule has 0 saturated heterocycles. The molecule has 134 valence electrons. The summed E-state index contributed by atoms with van der Waals surface area (Å²) in [7, 11) is -4.12. The molecule has 23 heavy (non-hydrogen) atoms. The monoisotopic (exact) mass is 358 g/mol. The van der Waals surface area contributed by atoms with E-state index in [1.54, 1.807) is 0 Å². The van der Waals surface area contributed by atoms with E-state index in [4.69, 9.17) is 5.11 Å². The first-order valence-electron chi connectivity index (χ1n) is 9.08. The number of hydrogen-bond acceptors (Lipinski definition) is 4. The van der Waals surface area contributed by atoms with Gasteiger partial charge in [0.25, 0.3) is 0 Å². The van der Waals surface area contributed by atoms with E-state index in [-0.39, 0.29) is 29.6 Å². The van der Waals surface area contributed by atoms with Gasteiger partial charge in [0.2, 0.25) is 0 Å². The van der Waals surface area contributed by atoms with Gasteiger partial charge in [-0.1, -0.05) is 77.6 Å². The van der Waals surface area contributed by atoms with E-state index >= 15 is 0 Å². The normalized spacial score (nSPS) is 12.8. The van der Waals surface area contributed by atoms with Crippen LogP contribution >= 0.6 is 0 Å². The fourth-order valence-corrected chi connectivity index (χ4v) is 3.67. The molecule has 0 saturated carbocycles. The average molecular weight is 359 g/mol. The number of hydrogen-bond donors (Lipinski definition) is 1. The van der Waals surface area contributed by atoms with Gasteiger partial charge in [0.15, 0.2) is 0 Å². The van der Waals surface area contributed by atoms with Gasteiger partial charge >= 0.3 is 29.6 Å². The van der Waals surface area contributed by atoms with Crippen molar-refractivity contribution in [3.05, 3.63) is 0 Å². The third-order valence-electron chi connectivity index (χ3n) is 4.22. The maximum atomic E-state index is 11.2. The average Bonchev–Trinajstić information content (AvgIpc) is 2.46. The van der Waals surface area contributed by atoms with E-state index in [9.17, 15) is 13.0 Å². The van der Waals surface area contributed by atoms with Gasteiger partial charge in [0.1, 0.15) is 0 Å². The molecule has 0 aromatic heterocycles. The zero-order chi connectivity index (χ0) is 16.7. The Bertz CT molecular complexity index is 333. The summed E-state index contributed by atoms with van der Waals surface area (Å²) >= 11 is 0. The summed E-state index contributed by atoms with van der Waals surface area (Å²) in [5, 5.41) is 8.00. The standard InChI is InChI=1S/C17H36O4S.Na/c1-2-3-14-17(22(19,20)21)15-12-10-8-6-4-5-7-9-11-13-16-18;/h17-18H,2-16H2,1H3,(H,19,20,21);/q;+1/p-1. The number of aliphatic hydroxyl groups is 1. The predicted molar refractivity (Wildman–Crippen MR) is 90.9 cm³/mol. The molecule has 1 N–H and O–H groups in total. The molecule has 0 rings (SSSR count). The van der Waals surface area contributed by atoms with Gasteiger partial charge in [0.05, 0.1) is 10.1 Å². The molecule has 1 atom stereocenters. The van der Waals surface area contributed by atoms with Crippen LogP contribution in [0.15, 0.2) is 0 Å². The van der Waals surface area contributed by atoms with E-state index in [0.29, 0.717) is 19.4 Å². The molecule has 0 heterocycles.